The van der Waals surface area contributed by atoms with E-state index in [1.54, 1.807) is 23.5 Å². The number of hydrogen-bond donors (Lipinski definition) is 2. The predicted octanol–water partition coefficient (Wildman–Crippen LogP) is 4.95. The molecule has 3 aromatic rings. The van der Waals surface area contributed by atoms with E-state index in [1.807, 2.05) is 17.5 Å². The molecular formula is C19H21FN4OS3. The third-order valence-electron chi connectivity index (χ3n) is 3.55. The van der Waals surface area contributed by atoms with Crippen LogP contribution >= 0.6 is 34.4 Å². The molecule has 0 aliphatic rings. The van der Waals surface area contributed by atoms with Crippen LogP contribution in [0.1, 0.15) is 37.3 Å². The molecule has 0 aliphatic carbocycles. The molecule has 2 heterocycles. The molecule has 1 atom stereocenters. The molecule has 0 fully saturated rings. The van der Waals surface area contributed by atoms with E-state index >= 15 is 0 Å². The van der Waals surface area contributed by atoms with Crippen LogP contribution in [-0.4, -0.2) is 27.4 Å². The zero-order valence-electron chi connectivity index (χ0n) is 15.7. The zero-order valence-corrected chi connectivity index (χ0v) is 18.2. The number of rotatable bonds is 7. The summed E-state index contributed by atoms with van der Waals surface area (Å²) in [5.41, 5.74) is 0.747. The number of halogens is 1. The lowest BCUT2D eigenvalue weighted by molar-refractivity contribution is -0.119. The van der Waals surface area contributed by atoms with E-state index in [9.17, 15) is 9.18 Å². The second kappa shape index (κ2) is 9.02. The van der Waals surface area contributed by atoms with Gasteiger partial charge in [0.25, 0.3) is 0 Å². The summed E-state index contributed by atoms with van der Waals surface area (Å²) in [5.74, 6) is -0.188. The maximum Gasteiger partial charge on any atom is 0.231 e. The highest BCUT2D eigenvalue weighted by Crippen LogP contribution is 2.29. The first kappa shape index (κ1) is 20.8. The topological polar surface area (TPSA) is 66.9 Å². The van der Waals surface area contributed by atoms with Crippen molar-refractivity contribution in [2.24, 2.45) is 0 Å². The number of nitrogens with zero attached hydrogens (tertiary/aromatic N) is 2. The molecule has 0 saturated carbocycles. The first-order chi connectivity index (χ1) is 13.3. The van der Waals surface area contributed by atoms with Crippen LogP contribution in [0, 0.1) is 5.82 Å². The minimum absolute atomic E-state index is 0.0953. The monoisotopic (exact) mass is 436 g/mol. The number of carbonyl (C=O) groups is 1. The van der Waals surface area contributed by atoms with Gasteiger partial charge in [-0.05, 0) is 49.9 Å². The molecule has 2 aromatic heterocycles. The molecule has 0 spiro atoms. The molecule has 0 saturated heterocycles. The van der Waals surface area contributed by atoms with Crippen molar-refractivity contribution in [1.29, 1.82) is 0 Å². The summed E-state index contributed by atoms with van der Waals surface area (Å²) in [6, 6.07) is 9.79. The van der Waals surface area contributed by atoms with Crippen molar-refractivity contribution in [3.05, 3.63) is 58.0 Å². The SMILES string of the molecule is CC(C)(C)Nc1nnc(SCC(=O)NC(c2ccc(F)cc2)c2cccs2)s1. The lowest BCUT2D eigenvalue weighted by Crippen LogP contribution is -2.30. The Bertz CT molecular complexity index is 904. The van der Waals surface area contributed by atoms with Gasteiger partial charge in [-0.3, -0.25) is 4.79 Å². The fraction of sp³-hybridized carbons (Fsp3) is 0.316. The van der Waals surface area contributed by atoms with Gasteiger partial charge in [0.2, 0.25) is 11.0 Å². The highest BCUT2D eigenvalue weighted by molar-refractivity contribution is 8.01. The molecule has 5 nitrogen and oxygen atoms in total. The molecule has 1 amide bonds. The molecule has 28 heavy (non-hydrogen) atoms. The van der Waals surface area contributed by atoms with Gasteiger partial charge in [0.1, 0.15) is 5.82 Å². The van der Waals surface area contributed by atoms with Gasteiger partial charge in [0.05, 0.1) is 11.8 Å². The number of thiophene rings is 1. The third-order valence-corrected chi connectivity index (χ3v) is 6.46. The molecule has 1 aromatic carbocycles. The normalized spacial score (nSPS) is 12.6. The van der Waals surface area contributed by atoms with E-state index in [1.165, 1.54) is 35.2 Å². The Morgan fingerprint density at radius 3 is 2.61 bits per heavy atom. The van der Waals surface area contributed by atoms with Crippen LogP contribution in [0.15, 0.2) is 46.1 Å². The molecule has 9 heteroatoms. The fourth-order valence-electron chi connectivity index (χ4n) is 2.40. The smallest absolute Gasteiger partial charge is 0.231 e. The van der Waals surface area contributed by atoms with E-state index < -0.39 is 0 Å². The third kappa shape index (κ3) is 6.02. The summed E-state index contributed by atoms with van der Waals surface area (Å²) in [5, 5.41) is 17.2. The lowest BCUT2D eigenvalue weighted by atomic mass is 10.1. The molecule has 0 aliphatic heterocycles. The van der Waals surface area contributed by atoms with Gasteiger partial charge in [0, 0.05) is 10.4 Å². The molecular weight excluding hydrogens is 415 g/mol. The van der Waals surface area contributed by atoms with Gasteiger partial charge >= 0.3 is 0 Å². The van der Waals surface area contributed by atoms with Crippen LogP contribution in [0.4, 0.5) is 9.52 Å². The molecule has 148 valence electrons. The molecule has 0 bridgehead atoms. The Morgan fingerprint density at radius 1 is 1.21 bits per heavy atom. The molecule has 3 rings (SSSR count). The number of amides is 1. The van der Waals surface area contributed by atoms with Gasteiger partial charge in [-0.25, -0.2) is 4.39 Å². The number of benzene rings is 1. The average Bonchev–Trinajstić information content (AvgIpc) is 3.29. The number of thioether (sulfide) groups is 1. The second-order valence-corrected chi connectivity index (χ2v) is 10.3. The average molecular weight is 437 g/mol. The zero-order chi connectivity index (χ0) is 20.1. The summed E-state index contributed by atoms with van der Waals surface area (Å²) >= 11 is 4.33. The predicted molar refractivity (Wildman–Crippen MR) is 115 cm³/mol. The molecule has 1 unspecified atom stereocenters. The lowest BCUT2D eigenvalue weighted by Gasteiger charge is -2.18. The minimum Gasteiger partial charge on any atom is -0.355 e. The Hall–Kier alpha value is -1.97. The Kier molecular flexibility index (Phi) is 6.69. The van der Waals surface area contributed by atoms with Gasteiger partial charge < -0.3 is 10.6 Å². The van der Waals surface area contributed by atoms with E-state index in [4.69, 9.17) is 0 Å². The van der Waals surface area contributed by atoms with Crippen LogP contribution in [0.3, 0.4) is 0 Å². The number of carbonyl (C=O) groups excluding carboxylic acids is 1. The van der Waals surface area contributed by atoms with Crippen LogP contribution in [0.25, 0.3) is 0 Å². The first-order valence-electron chi connectivity index (χ1n) is 8.63. The summed E-state index contributed by atoms with van der Waals surface area (Å²) in [6.07, 6.45) is 0. The van der Waals surface area contributed by atoms with Gasteiger partial charge in [-0.15, -0.1) is 21.5 Å². The standard InChI is InChI=1S/C19H21FN4OS3/c1-19(2,3)22-17-23-24-18(28-17)27-11-15(25)21-16(14-5-4-10-26-14)12-6-8-13(20)9-7-12/h4-10,16H,11H2,1-3H3,(H,21,25)(H,22,23). The quantitative estimate of drug-likeness (QED) is 0.513. The highest BCUT2D eigenvalue weighted by atomic mass is 32.2. The highest BCUT2D eigenvalue weighted by Gasteiger charge is 2.19. The summed E-state index contributed by atoms with van der Waals surface area (Å²) in [4.78, 5) is 13.5. The minimum atomic E-state index is -0.304. The number of aromatic nitrogens is 2. The van der Waals surface area contributed by atoms with Crippen molar-refractivity contribution in [3.8, 4) is 0 Å². The Labute approximate surface area is 175 Å². The van der Waals surface area contributed by atoms with E-state index in [0.29, 0.717) is 0 Å². The Balaban J connectivity index is 1.62. The van der Waals surface area contributed by atoms with Crippen molar-refractivity contribution in [3.63, 3.8) is 0 Å². The van der Waals surface area contributed by atoms with Crippen molar-refractivity contribution in [1.82, 2.24) is 15.5 Å². The van der Waals surface area contributed by atoms with Gasteiger partial charge in [-0.1, -0.05) is 41.3 Å². The van der Waals surface area contributed by atoms with E-state index in [-0.39, 0.29) is 29.1 Å². The van der Waals surface area contributed by atoms with E-state index in [2.05, 4.69) is 41.6 Å². The molecule has 0 radical (unpaired) electrons. The van der Waals surface area contributed by atoms with Crippen LogP contribution in [-0.2, 0) is 4.79 Å². The second-order valence-electron chi connectivity index (χ2n) is 7.10. The number of anilines is 1. The Morgan fingerprint density at radius 2 is 1.96 bits per heavy atom. The van der Waals surface area contributed by atoms with Gasteiger partial charge in [-0.2, -0.15) is 0 Å². The van der Waals surface area contributed by atoms with Crippen LogP contribution in [0.5, 0.6) is 0 Å². The maximum atomic E-state index is 13.3. The summed E-state index contributed by atoms with van der Waals surface area (Å²) in [7, 11) is 0. The number of hydrogen-bond acceptors (Lipinski definition) is 7. The van der Waals surface area contributed by atoms with Crippen molar-refractivity contribution < 1.29 is 9.18 Å². The fourth-order valence-corrected chi connectivity index (χ4v) is 4.97. The largest absolute Gasteiger partial charge is 0.355 e. The van der Waals surface area contributed by atoms with E-state index in [0.717, 1.165) is 19.9 Å². The molecule has 2 N–H and O–H groups in total. The first-order valence-corrected chi connectivity index (χ1v) is 11.3. The van der Waals surface area contributed by atoms with Crippen LogP contribution < -0.4 is 10.6 Å². The van der Waals surface area contributed by atoms with Crippen molar-refractivity contribution >= 4 is 45.5 Å². The summed E-state index contributed by atoms with van der Waals surface area (Å²) < 4.78 is 14.0. The summed E-state index contributed by atoms with van der Waals surface area (Å²) in [6.45, 7) is 6.15. The van der Waals surface area contributed by atoms with Crippen molar-refractivity contribution in [2.75, 3.05) is 11.1 Å². The number of nitrogens with one attached hydrogen (secondary N) is 2. The van der Waals surface area contributed by atoms with Gasteiger partial charge in [0.15, 0.2) is 4.34 Å². The van der Waals surface area contributed by atoms with Crippen LogP contribution in [0.2, 0.25) is 0 Å². The maximum absolute atomic E-state index is 13.3. The van der Waals surface area contributed by atoms with Crippen molar-refractivity contribution in [2.45, 2.75) is 36.7 Å².